The molecule has 0 amide bonds. The Morgan fingerprint density at radius 3 is 2.89 bits per heavy atom. The zero-order valence-corrected chi connectivity index (χ0v) is 11.2. The van der Waals surface area contributed by atoms with Crippen molar-refractivity contribution in [1.29, 1.82) is 0 Å². The number of rotatable bonds is 2. The van der Waals surface area contributed by atoms with Crippen molar-refractivity contribution < 1.29 is 9.90 Å². The van der Waals surface area contributed by atoms with Crippen LogP contribution in [0.25, 0.3) is 21.6 Å². The van der Waals surface area contributed by atoms with Gasteiger partial charge in [-0.05, 0) is 19.1 Å². The standard InChI is InChI=1S/C13H11N3O2S/c1-7-10(13(17)18)19-12(15-7)9-3-5-14-11-8(9)4-6-16(11)2/h3-6H,1-2H3,(H,17,18). The SMILES string of the molecule is Cc1nc(-c2ccnc3c2ccn3C)sc1C(=O)O. The minimum atomic E-state index is -0.931. The molecular formula is C13H11N3O2S. The number of aryl methyl sites for hydroxylation is 2. The van der Waals surface area contributed by atoms with Gasteiger partial charge in [0.15, 0.2) is 0 Å². The molecule has 3 rings (SSSR count). The molecule has 0 saturated carbocycles. The van der Waals surface area contributed by atoms with E-state index in [1.165, 1.54) is 11.3 Å². The van der Waals surface area contributed by atoms with E-state index in [0.717, 1.165) is 16.6 Å². The number of carbonyl (C=O) groups is 1. The second-order valence-electron chi connectivity index (χ2n) is 4.26. The highest BCUT2D eigenvalue weighted by Gasteiger charge is 2.17. The van der Waals surface area contributed by atoms with Gasteiger partial charge >= 0.3 is 5.97 Å². The number of thiazole rings is 1. The van der Waals surface area contributed by atoms with Crippen molar-refractivity contribution in [3.63, 3.8) is 0 Å². The van der Waals surface area contributed by atoms with Crippen LogP contribution in [0.2, 0.25) is 0 Å². The Morgan fingerprint density at radius 1 is 1.42 bits per heavy atom. The molecule has 5 nitrogen and oxygen atoms in total. The molecular weight excluding hydrogens is 262 g/mol. The summed E-state index contributed by atoms with van der Waals surface area (Å²) >= 11 is 1.20. The van der Waals surface area contributed by atoms with Crippen molar-refractivity contribution >= 4 is 28.3 Å². The molecule has 96 valence electrons. The maximum Gasteiger partial charge on any atom is 0.347 e. The van der Waals surface area contributed by atoms with Crippen molar-refractivity contribution in [2.75, 3.05) is 0 Å². The summed E-state index contributed by atoms with van der Waals surface area (Å²) in [5.74, 6) is -0.931. The second kappa shape index (κ2) is 4.17. The smallest absolute Gasteiger partial charge is 0.347 e. The maximum absolute atomic E-state index is 11.1. The van der Waals surface area contributed by atoms with Crippen molar-refractivity contribution in [1.82, 2.24) is 14.5 Å². The summed E-state index contributed by atoms with van der Waals surface area (Å²) in [6.45, 7) is 1.72. The van der Waals surface area contributed by atoms with Gasteiger partial charge in [-0.2, -0.15) is 0 Å². The van der Waals surface area contributed by atoms with E-state index in [1.807, 2.05) is 29.9 Å². The van der Waals surface area contributed by atoms with Crippen molar-refractivity contribution in [3.8, 4) is 10.6 Å². The first-order valence-corrected chi connectivity index (χ1v) is 6.50. The lowest BCUT2D eigenvalue weighted by molar-refractivity contribution is 0.0701. The highest BCUT2D eigenvalue weighted by atomic mass is 32.1. The number of fused-ring (bicyclic) bond motifs is 1. The van der Waals surface area contributed by atoms with Crippen LogP contribution in [-0.4, -0.2) is 25.6 Å². The molecule has 3 aromatic heterocycles. The van der Waals surface area contributed by atoms with E-state index in [2.05, 4.69) is 9.97 Å². The first-order chi connectivity index (χ1) is 9.08. The number of aromatic carboxylic acids is 1. The van der Waals surface area contributed by atoms with E-state index < -0.39 is 5.97 Å². The second-order valence-corrected chi connectivity index (χ2v) is 5.26. The number of hydrogen-bond acceptors (Lipinski definition) is 4. The monoisotopic (exact) mass is 273 g/mol. The molecule has 3 heterocycles. The van der Waals surface area contributed by atoms with Gasteiger partial charge in [0.2, 0.25) is 0 Å². The van der Waals surface area contributed by atoms with Crippen LogP contribution in [0.1, 0.15) is 15.4 Å². The van der Waals surface area contributed by atoms with Gasteiger partial charge in [0.25, 0.3) is 0 Å². The summed E-state index contributed by atoms with van der Waals surface area (Å²) in [6.07, 6.45) is 3.65. The van der Waals surface area contributed by atoms with Gasteiger partial charge < -0.3 is 9.67 Å². The average Bonchev–Trinajstić information content (AvgIpc) is 2.94. The summed E-state index contributed by atoms with van der Waals surface area (Å²) in [5, 5.41) is 10.8. The zero-order chi connectivity index (χ0) is 13.6. The molecule has 0 aromatic carbocycles. The quantitative estimate of drug-likeness (QED) is 0.779. The molecule has 0 unspecified atom stereocenters. The van der Waals surface area contributed by atoms with Crippen LogP contribution in [0.15, 0.2) is 24.5 Å². The summed E-state index contributed by atoms with van der Waals surface area (Å²) in [6, 6.07) is 3.83. The average molecular weight is 273 g/mol. The fourth-order valence-corrected chi connectivity index (χ4v) is 3.01. The third-order valence-electron chi connectivity index (χ3n) is 2.99. The van der Waals surface area contributed by atoms with Gasteiger partial charge in [-0.25, -0.2) is 14.8 Å². The lowest BCUT2D eigenvalue weighted by Gasteiger charge is -1.99. The number of pyridine rings is 1. The third-order valence-corrected chi connectivity index (χ3v) is 4.17. The molecule has 6 heteroatoms. The van der Waals surface area contributed by atoms with E-state index >= 15 is 0 Å². The Bertz CT molecular complexity index is 788. The molecule has 0 bridgehead atoms. The molecule has 0 aliphatic rings. The van der Waals surface area contributed by atoms with E-state index in [9.17, 15) is 4.79 Å². The number of nitrogens with zero attached hydrogens (tertiary/aromatic N) is 3. The van der Waals surface area contributed by atoms with E-state index in [-0.39, 0.29) is 4.88 Å². The Hall–Kier alpha value is -2.21. The first-order valence-electron chi connectivity index (χ1n) is 5.69. The molecule has 0 aliphatic heterocycles. The molecule has 0 spiro atoms. The first kappa shape index (κ1) is 11.9. The molecule has 0 fully saturated rings. The Kier molecular flexibility index (Phi) is 2.60. The summed E-state index contributed by atoms with van der Waals surface area (Å²) in [7, 11) is 1.93. The molecule has 19 heavy (non-hydrogen) atoms. The Morgan fingerprint density at radius 2 is 2.21 bits per heavy atom. The van der Waals surface area contributed by atoms with Crippen LogP contribution in [0.4, 0.5) is 0 Å². The van der Waals surface area contributed by atoms with Crippen LogP contribution in [0.5, 0.6) is 0 Å². The van der Waals surface area contributed by atoms with Crippen LogP contribution >= 0.6 is 11.3 Å². The highest BCUT2D eigenvalue weighted by molar-refractivity contribution is 7.17. The normalized spacial score (nSPS) is 11.1. The lowest BCUT2D eigenvalue weighted by atomic mass is 10.2. The fraction of sp³-hybridized carbons (Fsp3) is 0.154. The van der Waals surface area contributed by atoms with Gasteiger partial charge in [0, 0.05) is 30.4 Å². The van der Waals surface area contributed by atoms with E-state index in [0.29, 0.717) is 10.7 Å². The van der Waals surface area contributed by atoms with E-state index in [1.54, 1.807) is 13.1 Å². The maximum atomic E-state index is 11.1. The third kappa shape index (κ3) is 1.80. The lowest BCUT2D eigenvalue weighted by Crippen LogP contribution is -1.94. The molecule has 3 aromatic rings. The molecule has 0 saturated heterocycles. The largest absolute Gasteiger partial charge is 0.477 e. The predicted octanol–water partition coefficient (Wildman–Crippen LogP) is 2.70. The number of carboxylic acid groups (broad SMARTS) is 1. The van der Waals surface area contributed by atoms with Gasteiger partial charge in [0.05, 0.1) is 5.69 Å². The highest BCUT2D eigenvalue weighted by Crippen LogP contribution is 2.32. The summed E-state index contributed by atoms with van der Waals surface area (Å²) in [5.41, 5.74) is 2.34. The van der Waals surface area contributed by atoms with Crippen LogP contribution in [0.3, 0.4) is 0 Å². The number of carboxylic acids is 1. The predicted molar refractivity (Wildman–Crippen MR) is 73.5 cm³/mol. The molecule has 0 atom stereocenters. The van der Waals surface area contributed by atoms with Crippen LogP contribution < -0.4 is 0 Å². The summed E-state index contributed by atoms with van der Waals surface area (Å²) < 4.78 is 1.93. The Labute approximate surface area is 113 Å². The van der Waals surface area contributed by atoms with E-state index in [4.69, 9.17) is 5.11 Å². The van der Waals surface area contributed by atoms with Crippen LogP contribution in [0, 0.1) is 6.92 Å². The Balaban J connectivity index is 2.24. The minimum absolute atomic E-state index is 0.288. The van der Waals surface area contributed by atoms with Gasteiger partial charge in [-0.3, -0.25) is 0 Å². The molecule has 0 radical (unpaired) electrons. The fourth-order valence-electron chi connectivity index (χ4n) is 2.06. The topological polar surface area (TPSA) is 68.0 Å². The minimum Gasteiger partial charge on any atom is -0.477 e. The summed E-state index contributed by atoms with van der Waals surface area (Å²) in [4.78, 5) is 20.1. The number of hydrogen-bond donors (Lipinski definition) is 1. The van der Waals surface area contributed by atoms with Crippen molar-refractivity contribution in [3.05, 3.63) is 35.1 Å². The van der Waals surface area contributed by atoms with Crippen molar-refractivity contribution in [2.45, 2.75) is 6.92 Å². The van der Waals surface area contributed by atoms with Crippen LogP contribution in [-0.2, 0) is 7.05 Å². The van der Waals surface area contributed by atoms with Gasteiger partial charge in [-0.15, -0.1) is 11.3 Å². The van der Waals surface area contributed by atoms with Crippen molar-refractivity contribution in [2.24, 2.45) is 7.05 Å². The molecule has 0 aliphatic carbocycles. The van der Waals surface area contributed by atoms with Gasteiger partial charge in [0.1, 0.15) is 15.5 Å². The van der Waals surface area contributed by atoms with Gasteiger partial charge in [-0.1, -0.05) is 0 Å². The number of aromatic nitrogens is 3. The molecule has 1 N–H and O–H groups in total. The zero-order valence-electron chi connectivity index (χ0n) is 10.4.